The average Bonchev–Trinajstić information content (AvgIpc) is 2.45. The van der Waals surface area contributed by atoms with Gasteiger partial charge in [-0.3, -0.25) is 4.79 Å². The van der Waals surface area contributed by atoms with Crippen molar-refractivity contribution >= 4 is 28.9 Å². The van der Waals surface area contributed by atoms with E-state index >= 15 is 0 Å². The van der Waals surface area contributed by atoms with Gasteiger partial charge in [0.1, 0.15) is 6.04 Å². The van der Waals surface area contributed by atoms with Crippen LogP contribution in [0.3, 0.4) is 0 Å². The Bertz CT molecular complexity index is 617. The molecule has 1 amide bonds. The van der Waals surface area contributed by atoms with Crippen LogP contribution in [0.25, 0.3) is 0 Å². The highest BCUT2D eigenvalue weighted by Crippen LogP contribution is 2.20. The number of rotatable bonds is 4. The van der Waals surface area contributed by atoms with Crippen LogP contribution >= 0.6 is 11.6 Å². The lowest BCUT2D eigenvalue weighted by molar-refractivity contribution is -0.116. The van der Waals surface area contributed by atoms with Crippen LogP contribution in [0.1, 0.15) is 18.1 Å². The maximum absolute atomic E-state index is 12.3. The number of hydrogen-bond donors (Lipinski definition) is 2. The molecule has 2 N–H and O–H groups in total. The minimum absolute atomic E-state index is 0.0673. The lowest BCUT2D eigenvalue weighted by Gasteiger charge is -2.17. The fourth-order valence-corrected chi connectivity index (χ4v) is 2.23. The molecule has 0 saturated carbocycles. The van der Waals surface area contributed by atoms with E-state index in [1.807, 2.05) is 51.1 Å². The van der Waals surface area contributed by atoms with Gasteiger partial charge in [0.05, 0.1) is 0 Å². The quantitative estimate of drug-likeness (QED) is 0.879. The molecule has 0 heterocycles. The summed E-state index contributed by atoms with van der Waals surface area (Å²) in [5.74, 6) is -0.0673. The Morgan fingerprint density at radius 3 is 2.19 bits per heavy atom. The molecule has 3 nitrogen and oxygen atoms in total. The van der Waals surface area contributed by atoms with Crippen molar-refractivity contribution in [3.8, 4) is 0 Å². The highest BCUT2D eigenvalue weighted by Gasteiger charge is 2.14. The minimum atomic E-state index is -0.342. The summed E-state index contributed by atoms with van der Waals surface area (Å²) in [6.07, 6.45) is 0. The summed E-state index contributed by atoms with van der Waals surface area (Å²) in [4.78, 5) is 12.3. The third-order valence-corrected chi connectivity index (χ3v) is 3.60. The summed E-state index contributed by atoms with van der Waals surface area (Å²) < 4.78 is 0. The van der Waals surface area contributed by atoms with Crippen molar-refractivity contribution < 1.29 is 4.79 Å². The zero-order valence-electron chi connectivity index (χ0n) is 12.4. The lowest BCUT2D eigenvalue weighted by Crippen LogP contribution is -2.32. The second-order valence-corrected chi connectivity index (χ2v) is 5.57. The van der Waals surface area contributed by atoms with E-state index in [-0.39, 0.29) is 11.9 Å². The van der Waals surface area contributed by atoms with Crippen LogP contribution in [-0.2, 0) is 4.79 Å². The predicted octanol–water partition coefficient (Wildman–Crippen LogP) is 4.40. The minimum Gasteiger partial charge on any atom is -0.374 e. The lowest BCUT2D eigenvalue weighted by atomic mass is 10.1. The van der Waals surface area contributed by atoms with Crippen molar-refractivity contribution in [3.05, 3.63) is 58.6 Å². The summed E-state index contributed by atoms with van der Waals surface area (Å²) in [6, 6.07) is 12.9. The van der Waals surface area contributed by atoms with Crippen molar-refractivity contribution in [3.63, 3.8) is 0 Å². The highest BCUT2D eigenvalue weighted by molar-refractivity contribution is 6.30. The first-order chi connectivity index (χ1) is 9.97. The summed E-state index contributed by atoms with van der Waals surface area (Å²) in [5, 5.41) is 6.81. The molecular weight excluding hydrogens is 284 g/mol. The topological polar surface area (TPSA) is 41.1 Å². The van der Waals surface area contributed by atoms with Crippen LogP contribution < -0.4 is 10.6 Å². The Morgan fingerprint density at radius 1 is 1.05 bits per heavy atom. The van der Waals surface area contributed by atoms with E-state index in [1.165, 1.54) is 0 Å². The number of hydrogen-bond acceptors (Lipinski definition) is 2. The molecule has 1 atom stereocenters. The molecule has 0 aliphatic heterocycles. The second kappa shape index (κ2) is 6.64. The number of benzene rings is 2. The predicted molar refractivity (Wildman–Crippen MR) is 89.1 cm³/mol. The van der Waals surface area contributed by atoms with E-state index in [2.05, 4.69) is 10.6 Å². The van der Waals surface area contributed by atoms with Crippen LogP contribution in [0.15, 0.2) is 42.5 Å². The molecule has 110 valence electrons. The molecule has 0 aliphatic carbocycles. The molecule has 0 saturated heterocycles. The number of carbonyl (C=O) groups excluding carboxylic acids is 1. The number of para-hydroxylation sites is 1. The summed E-state index contributed by atoms with van der Waals surface area (Å²) in [5.41, 5.74) is 3.86. The van der Waals surface area contributed by atoms with Gasteiger partial charge in [-0.25, -0.2) is 0 Å². The van der Waals surface area contributed by atoms with Crippen LogP contribution in [-0.4, -0.2) is 11.9 Å². The van der Waals surface area contributed by atoms with Crippen LogP contribution in [0.4, 0.5) is 11.4 Å². The van der Waals surface area contributed by atoms with E-state index in [4.69, 9.17) is 11.6 Å². The van der Waals surface area contributed by atoms with Gasteiger partial charge in [-0.2, -0.15) is 0 Å². The number of anilines is 2. The standard InChI is InChI=1S/C17H19ClN2O/c1-11-5-4-6-12(2)16(11)20-17(21)13(3)19-15-9-7-14(18)8-10-15/h4-10,13,19H,1-3H3,(H,20,21). The Labute approximate surface area is 130 Å². The molecule has 0 fully saturated rings. The molecule has 4 heteroatoms. The number of nitrogens with one attached hydrogen (secondary N) is 2. The molecule has 2 aromatic rings. The number of halogens is 1. The molecule has 0 aromatic heterocycles. The normalized spacial score (nSPS) is 11.8. The average molecular weight is 303 g/mol. The molecule has 0 spiro atoms. The fraction of sp³-hybridized carbons (Fsp3) is 0.235. The smallest absolute Gasteiger partial charge is 0.246 e. The molecule has 1 unspecified atom stereocenters. The zero-order chi connectivity index (χ0) is 15.4. The first-order valence-corrected chi connectivity index (χ1v) is 7.24. The number of amides is 1. The van der Waals surface area contributed by atoms with Gasteiger partial charge >= 0.3 is 0 Å². The first-order valence-electron chi connectivity index (χ1n) is 6.86. The SMILES string of the molecule is Cc1cccc(C)c1NC(=O)C(C)Nc1ccc(Cl)cc1. The second-order valence-electron chi connectivity index (χ2n) is 5.13. The molecule has 2 aromatic carbocycles. The third kappa shape index (κ3) is 3.99. The molecular formula is C17H19ClN2O. The molecule has 0 radical (unpaired) electrons. The van der Waals surface area contributed by atoms with E-state index < -0.39 is 0 Å². The molecule has 0 bridgehead atoms. The zero-order valence-corrected chi connectivity index (χ0v) is 13.2. The van der Waals surface area contributed by atoms with Crippen molar-refractivity contribution in [2.45, 2.75) is 26.8 Å². The van der Waals surface area contributed by atoms with Gasteiger partial charge in [-0.15, -0.1) is 0 Å². The first kappa shape index (κ1) is 15.4. The van der Waals surface area contributed by atoms with E-state index in [0.29, 0.717) is 5.02 Å². The van der Waals surface area contributed by atoms with Crippen molar-refractivity contribution in [2.75, 3.05) is 10.6 Å². The van der Waals surface area contributed by atoms with Gasteiger partial charge in [0.15, 0.2) is 0 Å². The van der Waals surface area contributed by atoms with Gasteiger partial charge < -0.3 is 10.6 Å². The van der Waals surface area contributed by atoms with Gasteiger partial charge in [-0.05, 0) is 56.2 Å². The van der Waals surface area contributed by atoms with E-state index in [0.717, 1.165) is 22.5 Å². The Hall–Kier alpha value is -2.00. The van der Waals surface area contributed by atoms with Gasteiger partial charge in [-0.1, -0.05) is 29.8 Å². The van der Waals surface area contributed by atoms with Gasteiger partial charge in [0, 0.05) is 16.4 Å². The van der Waals surface area contributed by atoms with Crippen LogP contribution in [0, 0.1) is 13.8 Å². The van der Waals surface area contributed by atoms with Crippen molar-refractivity contribution in [1.82, 2.24) is 0 Å². The maximum Gasteiger partial charge on any atom is 0.246 e. The maximum atomic E-state index is 12.3. The van der Waals surface area contributed by atoms with Crippen molar-refractivity contribution in [2.24, 2.45) is 0 Å². The van der Waals surface area contributed by atoms with E-state index in [9.17, 15) is 4.79 Å². The number of aryl methyl sites for hydroxylation is 2. The Kier molecular flexibility index (Phi) is 4.86. The van der Waals surface area contributed by atoms with E-state index in [1.54, 1.807) is 12.1 Å². The highest BCUT2D eigenvalue weighted by atomic mass is 35.5. The number of carbonyl (C=O) groups is 1. The Balaban J connectivity index is 2.04. The summed E-state index contributed by atoms with van der Waals surface area (Å²) in [6.45, 7) is 5.80. The summed E-state index contributed by atoms with van der Waals surface area (Å²) >= 11 is 5.85. The summed E-state index contributed by atoms with van der Waals surface area (Å²) in [7, 11) is 0. The monoisotopic (exact) mass is 302 g/mol. The molecule has 21 heavy (non-hydrogen) atoms. The molecule has 2 rings (SSSR count). The van der Waals surface area contributed by atoms with Gasteiger partial charge in [0.25, 0.3) is 0 Å². The van der Waals surface area contributed by atoms with Crippen LogP contribution in [0.5, 0.6) is 0 Å². The Morgan fingerprint density at radius 2 is 1.62 bits per heavy atom. The fourth-order valence-electron chi connectivity index (χ4n) is 2.10. The van der Waals surface area contributed by atoms with Crippen molar-refractivity contribution in [1.29, 1.82) is 0 Å². The largest absolute Gasteiger partial charge is 0.374 e. The van der Waals surface area contributed by atoms with Crippen LogP contribution in [0.2, 0.25) is 5.02 Å². The third-order valence-electron chi connectivity index (χ3n) is 3.35. The van der Waals surface area contributed by atoms with Gasteiger partial charge in [0.2, 0.25) is 5.91 Å². The molecule has 0 aliphatic rings.